The summed E-state index contributed by atoms with van der Waals surface area (Å²) >= 11 is 0. The maximum atomic E-state index is 11.8. The highest BCUT2D eigenvalue weighted by Gasteiger charge is 2.29. The van der Waals surface area contributed by atoms with Gasteiger partial charge in [-0.25, -0.2) is 28.8 Å². The molecule has 0 aliphatic heterocycles. The molecule has 1 rings (SSSR count). The van der Waals surface area contributed by atoms with Crippen LogP contribution in [-0.4, -0.2) is 186 Å². The predicted octanol–water partition coefficient (Wildman–Crippen LogP) is 4.42. The Morgan fingerprint density at radius 2 is 0.745 bits per heavy atom. The zero-order valence-electron chi connectivity index (χ0n) is 57.4. The third-order valence-corrected chi connectivity index (χ3v) is 13.7. The summed E-state index contributed by atoms with van der Waals surface area (Å²) < 4.78 is 9.55. The second kappa shape index (κ2) is 58.7. The van der Waals surface area contributed by atoms with E-state index in [4.69, 9.17) is 35.0 Å². The van der Waals surface area contributed by atoms with Gasteiger partial charge in [0.1, 0.15) is 56.6 Å². The summed E-state index contributed by atoms with van der Waals surface area (Å²) in [6.45, 7) is 12.7. The average Bonchev–Trinajstić information content (AvgIpc) is 0.943. The molecule has 0 bridgehead atoms. The highest BCUT2D eigenvalue weighted by Crippen LogP contribution is 2.14. The van der Waals surface area contributed by atoms with Crippen LogP contribution >= 0.6 is 0 Å². The number of carboxylic acid groups (broad SMARTS) is 5. The summed E-state index contributed by atoms with van der Waals surface area (Å²) in [5.74, 6) is -7.63. The number of carbonyl (C=O) groups is 10. The highest BCUT2D eigenvalue weighted by atomic mass is 17.0. The number of amides is 5. The van der Waals surface area contributed by atoms with E-state index in [-0.39, 0.29) is 108 Å². The molecule has 1 aromatic rings. The smallest absolute Gasteiger partial charge is 0.407 e. The van der Waals surface area contributed by atoms with Gasteiger partial charge in [0, 0.05) is 19.3 Å². The van der Waals surface area contributed by atoms with Crippen molar-refractivity contribution in [3.63, 3.8) is 0 Å². The van der Waals surface area contributed by atoms with Crippen molar-refractivity contribution in [1.29, 1.82) is 0 Å². The molecule has 0 saturated carbocycles. The van der Waals surface area contributed by atoms with Gasteiger partial charge in [-0.05, 0) is 79.7 Å². The zero-order chi connectivity index (χ0) is 78.9. The van der Waals surface area contributed by atoms with Gasteiger partial charge in [0.2, 0.25) is 17.7 Å². The first-order valence-electron chi connectivity index (χ1n) is 31.4. The van der Waals surface area contributed by atoms with Crippen LogP contribution in [0.15, 0.2) is 24.3 Å². The lowest BCUT2D eigenvalue weighted by Crippen LogP contribution is -2.45. The van der Waals surface area contributed by atoms with E-state index in [9.17, 15) is 109 Å². The van der Waals surface area contributed by atoms with E-state index in [1.807, 2.05) is 26.1 Å². The number of carbonyl (C=O) groups excluding carboxylic acids is 5. The minimum Gasteiger partial charge on any atom is -0.480 e. The molecule has 46 nitrogen and oxygen atoms in total. The second-order valence-corrected chi connectivity index (χ2v) is 21.6. The standard InChI is InChI=1S/C12H21N3O9.C12H22N2O6.C11H12N2O7.C11H20N2O7.C10H18N2O6/c1-3-8(2)11(12(17)18)13-10(16)6-4-5-9(24-15(21)22)7-23-14(19)20;1-3-9(2)11(12(16)17)13-10(15)7-5-4-6-8-20-14(18)19;14-10(15)5-12-11(16)19-6-8-1-3-9(4-2-8)7-20-13(17)18;1-3-8(2)9(10(14)15)12-11(16)19-6-4-5-7-20-13(17)18;1-3-7(2)9(10(14)15)11-8(13)5-4-6-18-12(16)17/h8-9,11H,3-7H2,1-2H3,(H,13,16)(H,17,18);9,11H,3-8H2,1-2H3,(H,13,15)(H,16,17);1-4H,5-7H2,(H,12,16)(H,14,15);8-9H,3-7H2,1-2H3,(H,12,16)(H,14,15);7,9H,3-6H2,1-2H3,(H,11,13)(H,14,15). The Morgan fingerprint density at radius 3 is 1.11 bits per heavy atom. The fraction of sp³-hybridized carbons (Fsp3) is 0.714. The molecule has 46 heteroatoms. The molecule has 0 radical (unpaired) electrons. The Morgan fingerprint density at radius 1 is 0.402 bits per heavy atom. The van der Waals surface area contributed by atoms with Gasteiger partial charge in [-0.1, -0.05) is 112 Å². The van der Waals surface area contributed by atoms with Gasteiger partial charge >= 0.3 is 42.0 Å². The number of benzene rings is 1. The van der Waals surface area contributed by atoms with Gasteiger partial charge in [-0.3, -0.25) is 19.2 Å². The van der Waals surface area contributed by atoms with Crippen molar-refractivity contribution in [1.82, 2.24) is 26.6 Å². The van der Waals surface area contributed by atoms with Gasteiger partial charge in [-0.15, -0.1) is 60.7 Å². The van der Waals surface area contributed by atoms with Crippen molar-refractivity contribution in [3.8, 4) is 0 Å². The molecule has 0 fully saturated rings. The minimum absolute atomic E-state index is 0.00590. The Kier molecular flexibility index (Phi) is 55.8. The fourth-order valence-electron chi connectivity index (χ4n) is 7.35. The van der Waals surface area contributed by atoms with Crippen LogP contribution in [0.3, 0.4) is 0 Å². The number of nitrogens with one attached hydrogen (secondary N) is 5. The maximum absolute atomic E-state index is 11.8. The molecule has 9 unspecified atom stereocenters. The van der Waals surface area contributed by atoms with Crippen LogP contribution in [0.4, 0.5) is 9.59 Å². The first-order chi connectivity index (χ1) is 47.8. The Bertz CT molecular complexity index is 2690. The molecular formula is C56H93N11O35. The number of ether oxygens (including phenoxy) is 2. The van der Waals surface area contributed by atoms with E-state index >= 15 is 0 Å². The van der Waals surface area contributed by atoms with Crippen molar-refractivity contribution in [2.75, 3.05) is 39.6 Å². The molecule has 1 aromatic carbocycles. The van der Waals surface area contributed by atoms with E-state index in [2.05, 4.69) is 50.3 Å². The van der Waals surface area contributed by atoms with Crippen molar-refractivity contribution in [3.05, 3.63) is 96.1 Å². The molecule has 0 aliphatic rings. The number of hydrogen-bond donors (Lipinski definition) is 10. The van der Waals surface area contributed by atoms with E-state index < -0.39 is 128 Å². The van der Waals surface area contributed by atoms with Crippen LogP contribution in [0, 0.1) is 84.4 Å². The summed E-state index contributed by atoms with van der Waals surface area (Å²) in [5.41, 5.74) is 1.25. The lowest BCUT2D eigenvalue weighted by molar-refractivity contribution is -0.790. The van der Waals surface area contributed by atoms with Gasteiger partial charge in [-0.2, -0.15) is 0 Å². The molecule has 9 atom stereocenters. The van der Waals surface area contributed by atoms with Crippen molar-refractivity contribution in [2.45, 2.75) is 195 Å². The summed E-state index contributed by atoms with van der Waals surface area (Å²) in [6, 6.07) is 2.60. The van der Waals surface area contributed by atoms with Crippen molar-refractivity contribution >= 4 is 59.8 Å². The Balaban J connectivity index is -0.000000590. The minimum atomic E-state index is -1.19. The molecule has 0 saturated heterocycles. The fourth-order valence-corrected chi connectivity index (χ4v) is 7.35. The van der Waals surface area contributed by atoms with Gasteiger partial charge in [0.25, 0.3) is 30.5 Å². The number of carboxylic acids is 5. The topological polar surface area (TPSA) is 665 Å². The highest BCUT2D eigenvalue weighted by molar-refractivity contribution is 5.85. The number of hydrogen-bond acceptors (Lipinski definition) is 30. The van der Waals surface area contributed by atoms with Crippen LogP contribution in [0.2, 0.25) is 0 Å². The number of alkyl carbamates (subject to hydrolysis) is 2. The number of rotatable bonds is 50. The van der Waals surface area contributed by atoms with Gasteiger partial charge in [0.15, 0.2) is 0 Å². The van der Waals surface area contributed by atoms with Crippen LogP contribution < -0.4 is 26.6 Å². The second-order valence-electron chi connectivity index (χ2n) is 21.6. The Hall–Kier alpha value is -11.3. The summed E-state index contributed by atoms with van der Waals surface area (Å²) in [6.07, 6.45) is 2.35. The number of nitrogens with zero attached hydrogens (tertiary/aromatic N) is 6. The van der Waals surface area contributed by atoms with Crippen molar-refractivity contribution in [2.24, 2.45) is 23.7 Å². The molecule has 582 valence electrons. The normalized spacial score (nSPS) is 12.7. The van der Waals surface area contributed by atoms with E-state index in [1.165, 1.54) is 0 Å². The van der Waals surface area contributed by atoms with Crippen LogP contribution in [-0.2, 0) is 90.1 Å². The third-order valence-electron chi connectivity index (χ3n) is 13.7. The van der Waals surface area contributed by atoms with E-state index in [1.54, 1.807) is 58.9 Å². The lowest BCUT2D eigenvalue weighted by atomic mass is 9.99. The SMILES string of the molecule is CCC(C)C(NC(=O)CCCC(CO[N+](=O)[O-])O[N+](=O)[O-])C(=O)O.CCC(C)C(NC(=O)CCCCCO[N+](=O)[O-])C(=O)O.CCC(C)C(NC(=O)CCCO[N+](=O)[O-])C(=O)O.CCC(C)C(NC(=O)OCCCCO[N+](=O)[O-])C(=O)O.O=C(O)CNC(=O)OCc1ccc(CO[N+](=O)[O-])cc1. The van der Waals surface area contributed by atoms with Gasteiger partial charge in [0.05, 0.1) is 26.4 Å². The summed E-state index contributed by atoms with van der Waals surface area (Å²) in [7, 11) is 0. The predicted molar refractivity (Wildman–Crippen MR) is 341 cm³/mol. The quantitative estimate of drug-likeness (QED) is 0.0245. The average molecular weight is 1480 g/mol. The lowest BCUT2D eigenvalue weighted by Gasteiger charge is -2.20. The summed E-state index contributed by atoms with van der Waals surface area (Å²) in [4.78, 5) is 196. The monoisotopic (exact) mass is 1480 g/mol. The molecule has 5 amide bonds. The first kappa shape index (κ1) is 97.1. The van der Waals surface area contributed by atoms with Crippen LogP contribution in [0.1, 0.15) is 163 Å². The van der Waals surface area contributed by atoms with Crippen molar-refractivity contribution < 1.29 is 142 Å². The largest absolute Gasteiger partial charge is 0.480 e. The van der Waals surface area contributed by atoms with E-state index in [0.717, 1.165) is 0 Å². The number of aliphatic carboxylic acids is 5. The molecule has 0 heterocycles. The first-order valence-corrected chi connectivity index (χ1v) is 31.4. The third kappa shape index (κ3) is 56.7. The molecule has 0 aliphatic carbocycles. The van der Waals surface area contributed by atoms with Crippen LogP contribution in [0.5, 0.6) is 0 Å². The summed E-state index contributed by atoms with van der Waals surface area (Å²) in [5, 5.41) is 110. The molecular weight excluding hydrogens is 1390 g/mol. The zero-order valence-corrected chi connectivity index (χ0v) is 57.4. The molecule has 0 aromatic heterocycles. The molecule has 0 spiro atoms. The molecule has 10 N–H and O–H groups in total. The maximum Gasteiger partial charge on any atom is 0.407 e. The van der Waals surface area contributed by atoms with E-state index in [0.29, 0.717) is 68.9 Å². The van der Waals surface area contributed by atoms with Crippen LogP contribution in [0.25, 0.3) is 0 Å². The Labute approximate surface area is 582 Å². The van der Waals surface area contributed by atoms with Gasteiger partial charge < -0.3 is 90.6 Å². The molecule has 102 heavy (non-hydrogen) atoms. The number of unbranched alkanes of at least 4 members (excludes halogenated alkanes) is 3.